The molecule has 0 aliphatic rings. The molecular formula is C13H16N2O3S2. The predicted molar refractivity (Wildman–Crippen MR) is 81.1 cm³/mol. The van der Waals surface area contributed by atoms with Crippen molar-refractivity contribution in [2.75, 3.05) is 25.6 Å². The number of aromatic carboxylic acids is 1. The van der Waals surface area contributed by atoms with Crippen LogP contribution in [-0.4, -0.2) is 36.8 Å². The van der Waals surface area contributed by atoms with Gasteiger partial charge in [0.1, 0.15) is 4.88 Å². The third-order valence-electron chi connectivity index (χ3n) is 2.76. The zero-order chi connectivity index (χ0) is 14.5. The SMILES string of the molecule is COCc1nc(N(C)CCc2cccs2)sc1C(=O)O. The molecule has 0 saturated carbocycles. The Labute approximate surface area is 125 Å². The lowest BCUT2D eigenvalue weighted by Gasteiger charge is -2.14. The van der Waals surface area contributed by atoms with Crippen LogP contribution in [0.2, 0.25) is 0 Å². The smallest absolute Gasteiger partial charge is 0.347 e. The Hall–Kier alpha value is -1.44. The second-order valence-corrected chi connectivity index (χ2v) is 6.27. The van der Waals surface area contributed by atoms with Crippen molar-refractivity contribution in [3.63, 3.8) is 0 Å². The monoisotopic (exact) mass is 312 g/mol. The van der Waals surface area contributed by atoms with Crippen molar-refractivity contribution >= 4 is 33.8 Å². The van der Waals surface area contributed by atoms with E-state index in [9.17, 15) is 4.79 Å². The molecule has 2 heterocycles. The third-order valence-corrected chi connectivity index (χ3v) is 4.90. The standard InChI is InChI=1S/C13H16N2O3S2/c1-15(6-5-9-4-3-7-19-9)13-14-10(8-18-2)11(20-13)12(16)17/h3-4,7H,5-6,8H2,1-2H3,(H,16,17). The second kappa shape index (κ2) is 6.83. The fourth-order valence-electron chi connectivity index (χ4n) is 1.73. The summed E-state index contributed by atoms with van der Waals surface area (Å²) in [5, 5.41) is 11.9. The molecule has 5 nitrogen and oxygen atoms in total. The number of carboxylic acid groups (broad SMARTS) is 1. The van der Waals surface area contributed by atoms with Crippen molar-refractivity contribution in [1.82, 2.24) is 4.98 Å². The first-order chi connectivity index (χ1) is 9.61. The molecule has 0 bridgehead atoms. The summed E-state index contributed by atoms with van der Waals surface area (Å²) in [5.74, 6) is -0.951. The van der Waals surface area contributed by atoms with E-state index in [2.05, 4.69) is 16.4 Å². The second-order valence-electron chi connectivity index (χ2n) is 4.26. The average molecular weight is 312 g/mol. The number of thiazole rings is 1. The van der Waals surface area contributed by atoms with Crippen LogP contribution in [0.15, 0.2) is 17.5 Å². The Morgan fingerprint density at radius 2 is 2.35 bits per heavy atom. The first-order valence-corrected chi connectivity index (χ1v) is 7.77. The molecule has 7 heteroatoms. The van der Waals surface area contributed by atoms with Gasteiger partial charge in [-0.25, -0.2) is 9.78 Å². The van der Waals surface area contributed by atoms with Gasteiger partial charge in [-0.05, 0) is 17.9 Å². The van der Waals surface area contributed by atoms with Crippen LogP contribution in [0.1, 0.15) is 20.2 Å². The Morgan fingerprint density at radius 1 is 1.55 bits per heavy atom. The molecule has 0 fully saturated rings. The maximum atomic E-state index is 11.2. The predicted octanol–water partition coefficient (Wildman–Crippen LogP) is 2.73. The van der Waals surface area contributed by atoms with Gasteiger partial charge in [0.25, 0.3) is 0 Å². The molecule has 0 amide bonds. The molecule has 0 spiro atoms. The summed E-state index contributed by atoms with van der Waals surface area (Å²) < 4.78 is 4.99. The molecule has 1 N–H and O–H groups in total. The van der Waals surface area contributed by atoms with Crippen LogP contribution in [-0.2, 0) is 17.8 Å². The van der Waals surface area contributed by atoms with Crippen LogP contribution in [0, 0.1) is 0 Å². The van der Waals surface area contributed by atoms with Crippen molar-refractivity contribution in [2.24, 2.45) is 0 Å². The summed E-state index contributed by atoms with van der Waals surface area (Å²) in [6, 6.07) is 4.13. The lowest BCUT2D eigenvalue weighted by molar-refractivity contribution is 0.0697. The summed E-state index contributed by atoms with van der Waals surface area (Å²) in [6.07, 6.45) is 0.926. The van der Waals surface area contributed by atoms with Crippen molar-refractivity contribution in [1.29, 1.82) is 0 Å². The topological polar surface area (TPSA) is 62.7 Å². The van der Waals surface area contributed by atoms with Crippen LogP contribution < -0.4 is 4.90 Å². The molecule has 0 radical (unpaired) electrons. The summed E-state index contributed by atoms with van der Waals surface area (Å²) in [7, 11) is 3.46. The van der Waals surface area contributed by atoms with Crippen molar-refractivity contribution in [3.05, 3.63) is 33.0 Å². The van der Waals surface area contributed by atoms with Crippen LogP contribution >= 0.6 is 22.7 Å². The van der Waals surface area contributed by atoms with Crippen LogP contribution in [0.5, 0.6) is 0 Å². The fraction of sp³-hybridized carbons (Fsp3) is 0.385. The van der Waals surface area contributed by atoms with E-state index in [-0.39, 0.29) is 11.5 Å². The van der Waals surface area contributed by atoms with Gasteiger partial charge in [0.15, 0.2) is 5.13 Å². The number of nitrogens with zero attached hydrogens (tertiary/aromatic N) is 2. The molecule has 2 rings (SSSR count). The average Bonchev–Trinajstić information content (AvgIpc) is 3.05. The van der Waals surface area contributed by atoms with E-state index in [1.165, 1.54) is 23.3 Å². The van der Waals surface area contributed by atoms with Gasteiger partial charge in [-0.1, -0.05) is 17.4 Å². The number of carbonyl (C=O) groups is 1. The van der Waals surface area contributed by atoms with Crippen LogP contribution in [0.3, 0.4) is 0 Å². The number of hydrogen-bond acceptors (Lipinski definition) is 6. The van der Waals surface area contributed by atoms with Gasteiger partial charge in [0.2, 0.25) is 0 Å². The van der Waals surface area contributed by atoms with Crippen molar-refractivity contribution in [3.8, 4) is 0 Å². The van der Waals surface area contributed by atoms with Crippen LogP contribution in [0.4, 0.5) is 5.13 Å². The Kier molecular flexibility index (Phi) is 5.11. The molecule has 0 unspecified atom stereocenters. The maximum Gasteiger partial charge on any atom is 0.347 e. The molecule has 0 saturated heterocycles. The molecule has 2 aromatic heterocycles. The minimum absolute atomic E-state index is 0.219. The molecule has 0 atom stereocenters. The molecule has 2 aromatic rings. The summed E-state index contributed by atoms with van der Waals surface area (Å²) in [6.45, 7) is 1.02. The number of likely N-dealkylation sites (N-methyl/N-ethyl adjacent to an activating group) is 1. The zero-order valence-electron chi connectivity index (χ0n) is 11.3. The maximum absolute atomic E-state index is 11.2. The lowest BCUT2D eigenvalue weighted by atomic mass is 10.3. The first kappa shape index (κ1) is 15.0. The minimum atomic E-state index is -0.951. The molecule has 0 aliphatic heterocycles. The Balaban J connectivity index is 2.07. The van der Waals surface area contributed by atoms with Gasteiger partial charge >= 0.3 is 5.97 Å². The fourth-order valence-corrected chi connectivity index (χ4v) is 3.33. The van der Waals surface area contributed by atoms with Gasteiger partial charge in [-0.2, -0.15) is 0 Å². The Bertz CT molecular complexity index is 566. The van der Waals surface area contributed by atoms with E-state index in [0.717, 1.165) is 13.0 Å². The molecule has 108 valence electrons. The third kappa shape index (κ3) is 3.56. The van der Waals surface area contributed by atoms with Gasteiger partial charge in [-0.15, -0.1) is 11.3 Å². The molecule has 0 aliphatic carbocycles. The highest BCUT2D eigenvalue weighted by molar-refractivity contribution is 7.17. The largest absolute Gasteiger partial charge is 0.477 e. The number of ether oxygens (including phenoxy) is 1. The van der Waals surface area contributed by atoms with Crippen molar-refractivity contribution < 1.29 is 14.6 Å². The molecule has 20 heavy (non-hydrogen) atoms. The van der Waals surface area contributed by atoms with E-state index in [1.54, 1.807) is 11.3 Å². The minimum Gasteiger partial charge on any atom is -0.477 e. The number of aromatic nitrogens is 1. The number of rotatable bonds is 7. The number of hydrogen-bond donors (Lipinski definition) is 1. The Morgan fingerprint density at radius 3 is 2.95 bits per heavy atom. The normalized spacial score (nSPS) is 10.7. The van der Waals surface area contributed by atoms with Gasteiger partial charge < -0.3 is 14.7 Å². The number of carboxylic acids is 1. The van der Waals surface area contributed by atoms with E-state index in [1.807, 2.05) is 18.0 Å². The number of thiophene rings is 1. The molecule has 0 aromatic carbocycles. The quantitative estimate of drug-likeness (QED) is 0.851. The van der Waals surface area contributed by atoms with Crippen molar-refractivity contribution in [2.45, 2.75) is 13.0 Å². The van der Waals surface area contributed by atoms with E-state index in [4.69, 9.17) is 9.84 Å². The van der Waals surface area contributed by atoms with E-state index < -0.39 is 5.97 Å². The van der Waals surface area contributed by atoms with Gasteiger partial charge in [0.05, 0.1) is 12.3 Å². The van der Waals surface area contributed by atoms with Crippen LogP contribution in [0.25, 0.3) is 0 Å². The summed E-state index contributed by atoms with van der Waals surface area (Å²) >= 11 is 2.92. The highest BCUT2D eigenvalue weighted by atomic mass is 32.1. The zero-order valence-corrected chi connectivity index (χ0v) is 13.0. The molecular weight excluding hydrogens is 296 g/mol. The number of anilines is 1. The lowest BCUT2D eigenvalue weighted by Crippen LogP contribution is -2.19. The number of methoxy groups -OCH3 is 1. The highest BCUT2D eigenvalue weighted by Gasteiger charge is 2.19. The summed E-state index contributed by atoms with van der Waals surface area (Å²) in [5.41, 5.74) is 0.489. The highest BCUT2D eigenvalue weighted by Crippen LogP contribution is 2.26. The van der Waals surface area contributed by atoms with E-state index >= 15 is 0 Å². The van der Waals surface area contributed by atoms with Gasteiger partial charge in [-0.3, -0.25) is 0 Å². The van der Waals surface area contributed by atoms with Gasteiger partial charge in [0, 0.05) is 25.6 Å². The van der Waals surface area contributed by atoms with E-state index in [0.29, 0.717) is 10.8 Å². The summed E-state index contributed by atoms with van der Waals surface area (Å²) in [4.78, 5) is 19.1. The first-order valence-electron chi connectivity index (χ1n) is 6.07.